The van der Waals surface area contributed by atoms with Crippen molar-refractivity contribution in [2.75, 3.05) is 19.8 Å². The largest absolute Gasteiger partial charge is 0.486 e. The highest BCUT2D eigenvalue weighted by Gasteiger charge is 2.28. The number of aromatic nitrogens is 1. The zero-order valence-corrected chi connectivity index (χ0v) is 17.7. The Hall–Kier alpha value is -2.78. The molecule has 0 fully saturated rings. The third-order valence-corrected chi connectivity index (χ3v) is 6.61. The fourth-order valence-electron chi connectivity index (χ4n) is 3.12. The summed E-state index contributed by atoms with van der Waals surface area (Å²) in [6.07, 6.45) is 2.26. The number of nitrogens with zero attached hydrogens (tertiary/aromatic N) is 2. The van der Waals surface area contributed by atoms with Gasteiger partial charge in [-0.3, -0.25) is 0 Å². The van der Waals surface area contributed by atoms with Crippen molar-refractivity contribution in [1.82, 2.24) is 9.46 Å². The summed E-state index contributed by atoms with van der Waals surface area (Å²) in [5.74, 6) is 2.33. The molecule has 30 heavy (non-hydrogen) atoms. The summed E-state index contributed by atoms with van der Waals surface area (Å²) in [6, 6.07) is 9.89. The Morgan fingerprint density at radius 1 is 1.07 bits per heavy atom. The highest BCUT2D eigenvalue weighted by molar-refractivity contribution is 7.89. The van der Waals surface area contributed by atoms with E-state index in [2.05, 4.69) is 19.0 Å². The van der Waals surface area contributed by atoms with Gasteiger partial charge in [-0.25, -0.2) is 8.42 Å². The van der Waals surface area contributed by atoms with Crippen LogP contribution in [0.1, 0.15) is 26.0 Å². The van der Waals surface area contributed by atoms with Gasteiger partial charge in [-0.2, -0.15) is 4.31 Å². The van der Waals surface area contributed by atoms with Gasteiger partial charge in [-0.05, 0) is 36.6 Å². The van der Waals surface area contributed by atoms with E-state index in [1.807, 2.05) is 0 Å². The zero-order valence-electron chi connectivity index (χ0n) is 16.9. The lowest BCUT2D eigenvalue weighted by atomic mass is 10.1. The predicted molar refractivity (Wildman–Crippen MR) is 109 cm³/mol. The van der Waals surface area contributed by atoms with Gasteiger partial charge in [-0.15, -0.1) is 0 Å². The number of rotatable bonds is 8. The number of ether oxygens (including phenoxy) is 2. The molecule has 160 valence electrons. The van der Waals surface area contributed by atoms with Crippen molar-refractivity contribution in [3.8, 4) is 23.0 Å². The number of benzene rings is 1. The van der Waals surface area contributed by atoms with Gasteiger partial charge in [0.1, 0.15) is 13.2 Å². The van der Waals surface area contributed by atoms with Gasteiger partial charge < -0.3 is 18.4 Å². The lowest BCUT2D eigenvalue weighted by molar-refractivity contribution is 0.171. The Kier molecular flexibility index (Phi) is 5.83. The summed E-state index contributed by atoms with van der Waals surface area (Å²) in [5.41, 5.74) is 0.506. The summed E-state index contributed by atoms with van der Waals surface area (Å²) < 4.78 is 50.0. The maximum absolute atomic E-state index is 13.4. The molecular formula is C21H24N2O6S. The van der Waals surface area contributed by atoms with Crippen molar-refractivity contribution in [3.63, 3.8) is 0 Å². The number of hydrogen-bond acceptors (Lipinski definition) is 7. The van der Waals surface area contributed by atoms with Crippen LogP contribution in [0.2, 0.25) is 0 Å². The normalized spacial score (nSPS) is 13.9. The van der Waals surface area contributed by atoms with E-state index in [9.17, 15) is 8.42 Å². The van der Waals surface area contributed by atoms with Crippen LogP contribution >= 0.6 is 0 Å². The van der Waals surface area contributed by atoms with Crippen LogP contribution in [-0.2, 0) is 16.6 Å². The van der Waals surface area contributed by atoms with Crippen LogP contribution in [0.4, 0.5) is 0 Å². The smallest absolute Gasteiger partial charge is 0.243 e. The first-order valence-electron chi connectivity index (χ1n) is 9.83. The molecule has 0 unspecified atom stereocenters. The third-order valence-electron chi connectivity index (χ3n) is 4.77. The predicted octanol–water partition coefficient (Wildman–Crippen LogP) is 3.94. The lowest BCUT2D eigenvalue weighted by Crippen LogP contribution is -2.32. The summed E-state index contributed by atoms with van der Waals surface area (Å²) in [7, 11) is -3.78. The van der Waals surface area contributed by atoms with E-state index >= 15 is 0 Å². The summed E-state index contributed by atoms with van der Waals surface area (Å²) in [4.78, 5) is 0.158. The Labute approximate surface area is 175 Å². The molecule has 1 aromatic carbocycles. The quantitative estimate of drug-likeness (QED) is 0.532. The van der Waals surface area contributed by atoms with Gasteiger partial charge in [0, 0.05) is 18.7 Å². The molecule has 9 heteroatoms. The first-order chi connectivity index (χ1) is 14.4. The molecule has 1 aliphatic rings. The summed E-state index contributed by atoms with van der Waals surface area (Å²) in [5, 5.41) is 4.03. The highest BCUT2D eigenvalue weighted by atomic mass is 32.2. The van der Waals surface area contributed by atoms with E-state index < -0.39 is 10.0 Å². The van der Waals surface area contributed by atoms with Crippen LogP contribution in [-0.4, -0.2) is 37.6 Å². The number of sulfonamides is 1. The van der Waals surface area contributed by atoms with Crippen LogP contribution in [0, 0.1) is 5.92 Å². The topological polar surface area (TPSA) is 95.0 Å². The number of furan rings is 1. The van der Waals surface area contributed by atoms with Crippen LogP contribution in [0.15, 0.2) is 56.5 Å². The van der Waals surface area contributed by atoms with Crippen LogP contribution in [0.3, 0.4) is 0 Å². The average molecular weight is 432 g/mol. The second-order valence-electron chi connectivity index (χ2n) is 7.49. The Morgan fingerprint density at radius 2 is 1.87 bits per heavy atom. The van der Waals surface area contributed by atoms with E-state index in [-0.39, 0.29) is 11.4 Å². The second-order valence-corrected chi connectivity index (χ2v) is 9.42. The minimum absolute atomic E-state index is 0.0910. The van der Waals surface area contributed by atoms with E-state index in [0.717, 1.165) is 0 Å². The van der Waals surface area contributed by atoms with Gasteiger partial charge in [0.2, 0.25) is 15.8 Å². The highest BCUT2D eigenvalue weighted by Crippen LogP contribution is 2.33. The van der Waals surface area contributed by atoms with Gasteiger partial charge in [-0.1, -0.05) is 19.0 Å². The molecule has 0 amide bonds. The molecule has 3 heterocycles. The molecule has 1 aliphatic heterocycles. The molecule has 8 nitrogen and oxygen atoms in total. The van der Waals surface area contributed by atoms with E-state index in [4.69, 9.17) is 18.4 Å². The van der Waals surface area contributed by atoms with E-state index in [1.165, 1.54) is 10.4 Å². The number of fused-ring (bicyclic) bond motifs is 1. The third kappa shape index (κ3) is 4.36. The van der Waals surface area contributed by atoms with E-state index in [0.29, 0.717) is 60.8 Å². The fourth-order valence-corrected chi connectivity index (χ4v) is 4.56. The lowest BCUT2D eigenvalue weighted by Gasteiger charge is -2.24. The fraction of sp³-hybridized carbons (Fsp3) is 0.381. The van der Waals surface area contributed by atoms with Crippen molar-refractivity contribution in [1.29, 1.82) is 0 Å². The molecule has 0 bridgehead atoms. The molecule has 0 N–H and O–H groups in total. The van der Waals surface area contributed by atoms with Gasteiger partial charge in [0.15, 0.2) is 17.3 Å². The minimum atomic E-state index is -3.78. The minimum Gasteiger partial charge on any atom is -0.486 e. The second kappa shape index (κ2) is 8.53. The molecule has 0 radical (unpaired) electrons. The maximum atomic E-state index is 13.4. The molecule has 0 saturated carbocycles. The van der Waals surface area contributed by atoms with Crippen molar-refractivity contribution in [3.05, 3.63) is 48.4 Å². The first-order valence-corrected chi connectivity index (χ1v) is 11.3. The standard InChI is InChI=1S/C21H24N2O6S/c1-15(2)7-8-23(14-16-12-21(29-22-16)18-4-3-9-26-18)30(24,25)17-5-6-19-20(13-17)28-11-10-27-19/h3-6,9,12-13,15H,7-8,10-11,14H2,1-2H3. The van der Waals surface area contributed by atoms with Crippen LogP contribution < -0.4 is 9.47 Å². The molecule has 3 aromatic rings. The average Bonchev–Trinajstić information content (AvgIpc) is 3.42. The molecule has 0 spiro atoms. The van der Waals surface area contributed by atoms with Crippen LogP contribution in [0.25, 0.3) is 11.5 Å². The zero-order chi connectivity index (χ0) is 21.1. The van der Waals surface area contributed by atoms with Crippen LogP contribution in [0.5, 0.6) is 11.5 Å². The monoisotopic (exact) mass is 432 g/mol. The summed E-state index contributed by atoms with van der Waals surface area (Å²) in [6.45, 7) is 5.40. The van der Waals surface area contributed by atoms with Gasteiger partial charge in [0.05, 0.1) is 23.4 Å². The molecular weight excluding hydrogens is 408 g/mol. The maximum Gasteiger partial charge on any atom is 0.243 e. The SMILES string of the molecule is CC(C)CCN(Cc1cc(-c2ccco2)on1)S(=O)(=O)c1ccc2c(c1)OCCO2. The van der Waals surface area contributed by atoms with Crippen molar-refractivity contribution in [2.45, 2.75) is 31.7 Å². The van der Waals surface area contributed by atoms with Crippen molar-refractivity contribution in [2.24, 2.45) is 5.92 Å². The Balaban J connectivity index is 1.61. The van der Waals surface area contributed by atoms with E-state index in [1.54, 1.807) is 36.6 Å². The number of hydrogen-bond donors (Lipinski definition) is 0. The molecule has 0 aliphatic carbocycles. The Morgan fingerprint density at radius 3 is 2.60 bits per heavy atom. The molecule has 0 atom stereocenters. The Bertz CT molecular complexity index is 1090. The van der Waals surface area contributed by atoms with Crippen molar-refractivity contribution < 1.29 is 26.8 Å². The molecule has 2 aromatic heterocycles. The summed E-state index contributed by atoms with van der Waals surface area (Å²) >= 11 is 0. The van der Waals surface area contributed by atoms with Gasteiger partial charge >= 0.3 is 0 Å². The van der Waals surface area contributed by atoms with Crippen molar-refractivity contribution >= 4 is 10.0 Å². The molecule has 4 rings (SSSR count). The molecule has 0 saturated heterocycles. The first kappa shape index (κ1) is 20.5. The van der Waals surface area contributed by atoms with Gasteiger partial charge in [0.25, 0.3) is 0 Å².